The molecule has 0 heterocycles. The average molecular weight is 157 g/mol. The summed E-state index contributed by atoms with van der Waals surface area (Å²) >= 11 is 7.65. The molecule has 4 heteroatoms. The topological polar surface area (TPSA) is 26.0 Å². The Balaban J connectivity index is 0. The Kier molecular flexibility index (Phi) is 8.79. The van der Waals surface area contributed by atoms with Crippen molar-refractivity contribution in [2.75, 3.05) is 0 Å². The number of hydrogen-bond donors (Lipinski definition) is 2. The molecule has 0 amide bonds. The van der Waals surface area contributed by atoms with Gasteiger partial charge in [0, 0.05) is 17.1 Å². The monoisotopic (exact) mass is 156 g/mol. The Morgan fingerprint density at radius 1 is 1.80 bits per heavy atom. The second kappa shape index (κ2) is 4.76. The molecule has 0 aromatic rings. The summed E-state index contributed by atoms with van der Waals surface area (Å²) in [4.78, 5) is 0. The van der Waals surface area contributed by atoms with Crippen molar-refractivity contribution in [1.82, 2.24) is 0 Å². The Hall–Kier alpha value is 0.759. The molecule has 0 aliphatic carbocycles. The molecule has 0 spiro atoms. The minimum Gasteiger partial charge on any atom is -0.385 e. The second-order valence-corrected chi connectivity index (χ2v) is 1.56. The fourth-order valence-electron chi connectivity index (χ4n) is 0. The van der Waals surface area contributed by atoms with Gasteiger partial charge in [-0.05, 0) is 0 Å². The van der Waals surface area contributed by atoms with Gasteiger partial charge in [-0.25, -0.2) is 0 Å². The van der Waals surface area contributed by atoms with Crippen molar-refractivity contribution in [2.45, 2.75) is 0 Å². The quantitative estimate of drug-likeness (QED) is 0.297. The Bertz CT molecular complexity index is 32.6. The van der Waals surface area contributed by atoms with Crippen molar-refractivity contribution in [3.05, 3.63) is 0 Å². The molecular weight excluding hydrogens is 154 g/mol. The molecule has 1 nitrogen and oxygen atoms in total. The van der Waals surface area contributed by atoms with Crippen LogP contribution in [0, 0.1) is 0 Å². The standard InChI is InChI=1S/CH3NS2.Cu/c2-1(3)4;/h(H3,2,3,4);. The summed E-state index contributed by atoms with van der Waals surface area (Å²) in [7, 11) is 0. The van der Waals surface area contributed by atoms with Gasteiger partial charge in [-0.3, -0.25) is 0 Å². The van der Waals surface area contributed by atoms with Crippen molar-refractivity contribution in [2.24, 2.45) is 5.73 Å². The summed E-state index contributed by atoms with van der Waals surface area (Å²) in [5.41, 5.74) is 4.71. The van der Waals surface area contributed by atoms with Gasteiger partial charge < -0.3 is 5.73 Å². The number of rotatable bonds is 0. The number of hydrogen-bond acceptors (Lipinski definition) is 1. The van der Waals surface area contributed by atoms with E-state index in [1.165, 1.54) is 0 Å². The Labute approximate surface area is 52.2 Å². The van der Waals surface area contributed by atoms with Gasteiger partial charge in [-0.15, -0.1) is 12.6 Å². The summed E-state index contributed by atoms with van der Waals surface area (Å²) in [5.74, 6) is 0. The zero-order valence-electron chi connectivity index (χ0n) is 2.23. The summed E-state index contributed by atoms with van der Waals surface area (Å²) in [5, 5.41) is 0. The van der Waals surface area contributed by atoms with Crippen LogP contribution in [0.2, 0.25) is 0 Å². The maximum atomic E-state index is 4.71. The third kappa shape index (κ3) is 62.8. The molecule has 0 aromatic carbocycles. The second-order valence-electron chi connectivity index (χ2n) is 0.338. The van der Waals surface area contributed by atoms with Crippen molar-refractivity contribution in [3.63, 3.8) is 0 Å². The zero-order valence-corrected chi connectivity index (χ0v) is 4.89. The summed E-state index contributed by atoms with van der Waals surface area (Å²) < 4.78 is 0.194. The first-order valence-corrected chi connectivity index (χ1v) is 1.57. The maximum absolute atomic E-state index is 4.71. The molecule has 0 saturated carbocycles. The van der Waals surface area contributed by atoms with E-state index in [-0.39, 0.29) is 21.4 Å². The first-order chi connectivity index (χ1) is 1.73. The fourth-order valence-corrected chi connectivity index (χ4v) is 0. The molecule has 0 atom stereocenters. The molecule has 0 rings (SSSR count). The number of thiocarbonyl (C=S) groups is 1. The van der Waals surface area contributed by atoms with Crippen LogP contribution >= 0.6 is 24.8 Å². The molecule has 0 fully saturated rings. The van der Waals surface area contributed by atoms with E-state index in [0.29, 0.717) is 0 Å². The molecule has 2 N–H and O–H groups in total. The van der Waals surface area contributed by atoms with Crippen LogP contribution in [-0.2, 0) is 17.1 Å². The maximum Gasteiger partial charge on any atom is 0.128 e. The summed E-state index contributed by atoms with van der Waals surface area (Å²) in [6.07, 6.45) is 0. The molecule has 1 radical (unpaired) electrons. The van der Waals surface area contributed by atoms with Crippen molar-refractivity contribution < 1.29 is 17.1 Å². The largest absolute Gasteiger partial charge is 0.385 e. The van der Waals surface area contributed by atoms with Gasteiger partial charge in [-0.1, -0.05) is 12.2 Å². The van der Waals surface area contributed by atoms with Gasteiger partial charge in [0.25, 0.3) is 0 Å². The predicted octanol–water partition coefficient (Wildman–Crippen LogP) is 0.157. The van der Waals surface area contributed by atoms with Crippen LogP contribution in [0.1, 0.15) is 0 Å². The van der Waals surface area contributed by atoms with Crippen molar-refractivity contribution in [1.29, 1.82) is 0 Å². The Morgan fingerprint density at radius 3 is 1.80 bits per heavy atom. The van der Waals surface area contributed by atoms with Crippen LogP contribution in [0.4, 0.5) is 0 Å². The molecule has 0 bridgehead atoms. The van der Waals surface area contributed by atoms with E-state index in [1.807, 2.05) is 0 Å². The van der Waals surface area contributed by atoms with Gasteiger partial charge in [0.1, 0.15) is 4.32 Å². The van der Waals surface area contributed by atoms with E-state index in [9.17, 15) is 0 Å². The normalized spacial score (nSPS) is 5.00. The summed E-state index contributed by atoms with van der Waals surface area (Å²) in [6.45, 7) is 0. The van der Waals surface area contributed by atoms with Crippen LogP contribution in [0.3, 0.4) is 0 Å². The van der Waals surface area contributed by atoms with E-state index in [2.05, 4.69) is 24.8 Å². The molecular formula is CH3CuNS2. The average Bonchev–Trinajstić information content (AvgIpc) is 0.811. The van der Waals surface area contributed by atoms with Gasteiger partial charge in [-0.2, -0.15) is 0 Å². The Morgan fingerprint density at radius 2 is 1.80 bits per heavy atom. The van der Waals surface area contributed by atoms with E-state index in [0.717, 1.165) is 0 Å². The summed E-state index contributed by atoms with van der Waals surface area (Å²) in [6, 6.07) is 0. The number of nitrogens with two attached hydrogens (primary N) is 1. The van der Waals surface area contributed by atoms with E-state index < -0.39 is 0 Å². The number of thiol groups is 1. The van der Waals surface area contributed by atoms with Crippen LogP contribution in [-0.4, -0.2) is 4.32 Å². The zero-order chi connectivity index (χ0) is 3.58. The van der Waals surface area contributed by atoms with Crippen molar-refractivity contribution in [3.8, 4) is 0 Å². The van der Waals surface area contributed by atoms with E-state index >= 15 is 0 Å². The van der Waals surface area contributed by atoms with Crippen LogP contribution in [0.25, 0.3) is 0 Å². The van der Waals surface area contributed by atoms with Gasteiger partial charge >= 0.3 is 0 Å². The molecule has 0 aliphatic rings. The van der Waals surface area contributed by atoms with E-state index in [4.69, 9.17) is 5.73 Å². The smallest absolute Gasteiger partial charge is 0.128 e. The third-order valence-corrected chi connectivity index (χ3v) is 0. The minimum absolute atomic E-state index is 0. The van der Waals surface area contributed by atoms with Gasteiger partial charge in [0.2, 0.25) is 0 Å². The molecule has 0 unspecified atom stereocenters. The molecule has 35 valence electrons. The fraction of sp³-hybridized carbons (Fsp3) is 0. The van der Waals surface area contributed by atoms with Crippen LogP contribution in [0.15, 0.2) is 0 Å². The molecule has 5 heavy (non-hydrogen) atoms. The first-order valence-electron chi connectivity index (χ1n) is 0.716. The van der Waals surface area contributed by atoms with Crippen molar-refractivity contribution >= 4 is 29.2 Å². The predicted molar refractivity (Wildman–Crippen MR) is 25.8 cm³/mol. The first kappa shape index (κ1) is 9.23. The molecule has 0 aromatic heterocycles. The van der Waals surface area contributed by atoms with Gasteiger partial charge in [0.15, 0.2) is 0 Å². The third-order valence-electron chi connectivity index (χ3n) is 0. The van der Waals surface area contributed by atoms with E-state index in [1.54, 1.807) is 0 Å². The molecule has 0 aliphatic heterocycles. The van der Waals surface area contributed by atoms with Crippen LogP contribution < -0.4 is 5.73 Å². The minimum atomic E-state index is 0. The van der Waals surface area contributed by atoms with Crippen LogP contribution in [0.5, 0.6) is 0 Å². The molecule has 0 saturated heterocycles. The SMILES string of the molecule is NC(=S)S.[Cu]. The van der Waals surface area contributed by atoms with Gasteiger partial charge in [0.05, 0.1) is 0 Å².